The Bertz CT molecular complexity index is 1120. The topological polar surface area (TPSA) is 68.0 Å². The number of benzene rings is 2. The van der Waals surface area contributed by atoms with Gasteiger partial charge >= 0.3 is 0 Å². The summed E-state index contributed by atoms with van der Waals surface area (Å²) in [5, 5.41) is 4.44. The van der Waals surface area contributed by atoms with Crippen LogP contribution in [-0.4, -0.2) is 42.4 Å². The van der Waals surface area contributed by atoms with E-state index in [1.165, 1.54) is 0 Å². The molecule has 0 atom stereocenters. The van der Waals surface area contributed by atoms with Gasteiger partial charge in [0, 0.05) is 30.8 Å². The first-order valence-corrected chi connectivity index (χ1v) is 11.7. The molecule has 2 aromatic carbocycles. The van der Waals surface area contributed by atoms with E-state index in [1.807, 2.05) is 41.3 Å². The maximum absolute atomic E-state index is 13.7. The van der Waals surface area contributed by atoms with Crippen LogP contribution in [0.2, 0.25) is 0 Å². The fraction of sp³-hybridized carbons (Fsp3) is 0.385. The van der Waals surface area contributed by atoms with Gasteiger partial charge in [0.15, 0.2) is 11.5 Å². The number of ether oxygens (including phenoxy) is 2. The largest absolute Gasteiger partial charge is 0.454 e. The molecule has 172 valence electrons. The summed E-state index contributed by atoms with van der Waals surface area (Å²) >= 11 is 0. The molecule has 7 heteroatoms. The van der Waals surface area contributed by atoms with E-state index < -0.39 is 0 Å². The molecule has 1 aliphatic heterocycles. The number of amides is 1. The third-order valence-electron chi connectivity index (χ3n) is 6.30. The van der Waals surface area contributed by atoms with Crippen molar-refractivity contribution < 1.29 is 18.8 Å². The van der Waals surface area contributed by atoms with Crippen molar-refractivity contribution in [3.8, 4) is 22.8 Å². The molecule has 7 nitrogen and oxygen atoms in total. The minimum atomic E-state index is -0.0223. The molecule has 0 saturated heterocycles. The molecular weight excluding hydrogens is 418 g/mol. The van der Waals surface area contributed by atoms with Gasteiger partial charge in [-0.05, 0) is 50.8 Å². The van der Waals surface area contributed by atoms with Crippen molar-refractivity contribution in [2.24, 2.45) is 5.92 Å². The first-order valence-electron chi connectivity index (χ1n) is 11.7. The van der Waals surface area contributed by atoms with Gasteiger partial charge in [0.05, 0.1) is 12.1 Å². The molecule has 3 aromatic rings. The highest BCUT2D eigenvalue weighted by molar-refractivity contribution is 5.95. The van der Waals surface area contributed by atoms with Gasteiger partial charge in [-0.1, -0.05) is 35.5 Å². The molecule has 1 amide bonds. The Balaban J connectivity index is 1.51. The Morgan fingerprint density at radius 2 is 1.79 bits per heavy atom. The fourth-order valence-electron chi connectivity index (χ4n) is 4.26. The Morgan fingerprint density at radius 1 is 1.03 bits per heavy atom. The molecule has 0 spiro atoms. The molecule has 1 fully saturated rings. The van der Waals surface area contributed by atoms with Crippen molar-refractivity contribution in [2.75, 3.05) is 31.3 Å². The van der Waals surface area contributed by atoms with E-state index in [1.54, 1.807) is 12.1 Å². The zero-order valence-corrected chi connectivity index (χ0v) is 19.1. The summed E-state index contributed by atoms with van der Waals surface area (Å²) in [5.74, 6) is 2.55. The summed E-state index contributed by atoms with van der Waals surface area (Å²) in [5.41, 5.74) is 3.31. The van der Waals surface area contributed by atoms with Crippen LogP contribution in [0.4, 0.5) is 5.88 Å². The highest BCUT2D eigenvalue weighted by Crippen LogP contribution is 2.37. The highest BCUT2D eigenvalue weighted by Gasteiger charge is 2.31. The molecule has 0 unspecified atom stereocenters. The van der Waals surface area contributed by atoms with Crippen LogP contribution in [0.5, 0.6) is 11.5 Å². The highest BCUT2D eigenvalue weighted by atomic mass is 16.7. The van der Waals surface area contributed by atoms with Gasteiger partial charge in [0.25, 0.3) is 5.91 Å². The molecule has 1 aromatic heterocycles. The second-order valence-electron chi connectivity index (χ2n) is 8.55. The van der Waals surface area contributed by atoms with Crippen molar-refractivity contribution in [2.45, 2.75) is 33.2 Å². The van der Waals surface area contributed by atoms with E-state index in [4.69, 9.17) is 14.0 Å². The maximum atomic E-state index is 13.7. The molecular formula is C26H29N3O4. The Morgan fingerprint density at radius 3 is 2.52 bits per heavy atom. The number of hydrogen-bond donors (Lipinski definition) is 0. The third kappa shape index (κ3) is 4.40. The van der Waals surface area contributed by atoms with Crippen LogP contribution in [-0.2, 0) is 6.54 Å². The van der Waals surface area contributed by atoms with E-state index >= 15 is 0 Å². The zero-order valence-electron chi connectivity index (χ0n) is 19.1. The van der Waals surface area contributed by atoms with Crippen molar-refractivity contribution in [3.05, 3.63) is 59.7 Å². The molecule has 2 aliphatic rings. The van der Waals surface area contributed by atoms with Crippen molar-refractivity contribution in [1.29, 1.82) is 0 Å². The molecule has 33 heavy (non-hydrogen) atoms. The predicted octanol–water partition coefficient (Wildman–Crippen LogP) is 4.97. The molecule has 1 saturated carbocycles. The van der Waals surface area contributed by atoms with Crippen LogP contribution >= 0.6 is 0 Å². The van der Waals surface area contributed by atoms with Gasteiger partial charge < -0.3 is 23.8 Å². The third-order valence-corrected chi connectivity index (χ3v) is 6.30. The summed E-state index contributed by atoms with van der Waals surface area (Å²) in [6, 6.07) is 15.4. The summed E-state index contributed by atoms with van der Waals surface area (Å²) < 4.78 is 16.8. The predicted molar refractivity (Wildman–Crippen MR) is 126 cm³/mol. The van der Waals surface area contributed by atoms with E-state index in [9.17, 15) is 4.79 Å². The van der Waals surface area contributed by atoms with Gasteiger partial charge in [-0.25, -0.2) is 0 Å². The number of anilines is 1. The average molecular weight is 448 g/mol. The van der Waals surface area contributed by atoms with Gasteiger partial charge in [-0.2, -0.15) is 0 Å². The molecule has 5 rings (SSSR count). The van der Waals surface area contributed by atoms with Crippen LogP contribution < -0.4 is 14.4 Å². The number of fused-ring (bicyclic) bond motifs is 1. The monoisotopic (exact) mass is 447 g/mol. The van der Waals surface area contributed by atoms with E-state index in [0.717, 1.165) is 48.6 Å². The van der Waals surface area contributed by atoms with Crippen molar-refractivity contribution in [1.82, 2.24) is 10.1 Å². The molecule has 0 radical (unpaired) electrons. The minimum Gasteiger partial charge on any atom is -0.454 e. The number of nitrogens with zero attached hydrogens (tertiary/aromatic N) is 3. The van der Waals surface area contributed by atoms with Crippen LogP contribution in [0.15, 0.2) is 53.1 Å². The average Bonchev–Trinajstić information content (AvgIpc) is 3.38. The number of carbonyl (C=O) groups is 1. The number of rotatable bonds is 9. The quantitative estimate of drug-likeness (QED) is 0.461. The first kappa shape index (κ1) is 21.4. The van der Waals surface area contributed by atoms with E-state index in [-0.39, 0.29) is 12.7 Å². The Hall–Kier alpha value is -3.48. The lowest BCUT2D eigenvalue weighted by Crippen LogP contribution is -2.33. The summed E-state index contributed by atoms with van der Waals surface area (Å²) in [7, 11) is 0. The van der Waals surface area contributed by atoms with Gasteiger partial charge in [-0.15, -0.1) is 0 Å². The standard InChI is InChI=1S/C26H29N3O4/c1-3-28(4-2)26-21(24(27-33-26)19-8-6-5-7-9-19)16-29(15-18-10-11-18)25(30)20-12-13-22-23(14-20)32-17-31-22/h5-9,12-14,18H,3-4,10-11,15-17H2,1-2H3. The maximum Gasteiger partial charge on any atom is 0.254 e. The number of hydrogen-bond acceptors (Lipinski definition) is 6. The molecule has 0 bridgehead atoms. The van der Waals surface area contributed by atoms with E-state index in [0.29, 0.717) is 36.1 Å². The Labute approximate surface area is 193 Å². The lowest BCUT2D eigenvalue weighted by molar-refractivity contribution is 0.0734. The zero-order chi connectivity index (χ0) is 22.8. The fourth-order valence-corrected chi connectivity index (χ4v) is 4.26. The summed E-state index contributed by atoms with van der Waals surface area (Å²) in [6.45, 7) is 7.12. The normalized spacial score (nSPS) is 14.4. The first-order chi connectivity index (χ1) is 16.2. The molecule has 2 heterocycles. The second kappa shape index (κ2) is 9.17. The van der Waals surface area contributed by atoms with Gasteiger partial charge in [0.2, 0.25) is 12.7 Å². The Kier molecular flexibility index (Phi) is 5.94. The van der Waals surface area contributed by atoms with Crippen molar-refractivity contribution >= 4 is 11.8 Å². The van der Waals surface area contributed by atoms with Gasteiger partial charge in [-0.3, -0.25) is 4.79 Å². The molecule has 1 aliphatic carbocycles. The van der Waals surface area contributed by atoms with Crippen LogP contribution in [0.25, 0.3) is 11.3 Å². The lowest BCUT2D eigenvalue weighted by Gasteiger charge is -2.25. The number of aromatic nitrogens is 1. The number of carbonyl (C=O) groups excluding carboxylic acids is 1. The van der Waals surface area contributed by atoms with Crippen LogP contribution in [0.3, 0.4) is 0 Å². The SMILES string of the molecule is CCN(CC)c1onc(-c2ccccc2)c1CN(CC1CC1)C(=O)c1ccc2c(c1)OCO2. The summed E-state index contributed by atoms with van der Waals surface area (Å²) in [6.07, 6.45) is 2.31. The van der Waals surface area contributed by atoms with Crippen LogP contribution in [0.1, 0.15) is 42.6 Å². The van der Waals surface area contributed by atoms with Crippen molar-refractivity contribution in [3.63, 3.8) is 0 Å². The summed E-state index contributed by atoms with van der Waals surface area (Å²) in [4.78, 5) is 17.7. The van der Waals surface area contributed by atoms with Crippen LogP contribution in [0, 0.1) is 5.92 Å². The molecule has 0 N–H and O–H groups in total. The second-order valence-corrected chi connectivity index (χ2v) is 8.55. The minimum absolute atomic E-state index is 0.0223. The lowest BCUT2D eigenvalue weighted by atomic mass is 10.1. The smallest absolute Gasteiger partial charge is 0.254 e. The van der Waals surface area contributed by atoms with E-state index in [2.05, 4.69) is 23.9 Å². The van der Waals surface area contributed by atoms with Gasteiger partial charge in [0.1, 0.15) is 5.69 Å².